The Labute approximate surface area is 305 Å². The van der Waals surface area contributed by atoms with Crippen molar-refractivity contribution in [3.8, 4) is 22.8 Å². The number of ether oxygens (including phenoxy) is 2. The van der Waals surface area contributed by atoms with Crippen LogP contribution in [0.15, 0.2) is 30.6 Å². The van der Waals surface area contributed by atoms with Gasteiger partial charge in [0.25, 0.3) is 0 Å². The number of rotatable bonds is 12. The van der Waals surface area contributed by atoms with E-state index in [4.69, 9.17) is 14.7 Å². The number of esters is 1. The number of aromatic nitrogens is 6. The summed E-state index contributed by atoms with van der Waals surface area (Å²) >= 11 is 0. The predicted octanol–water partition coefficient (Wildman–Crippen LogP) is 4.64. The number of pyridine rings is 2. The second kappa shape index (κ2) is 14.4. The van der Waals surface area contributed by atoms with Crippen molar-refractivity contribution in [1.29, 1.82) is 0 Å². The average molecular weight is 758 g/mol. The van der Waals surface area contributed by atoms with Crippen molar-refractivity contribution in [2.24, 2.45) is 5.41 Å². The molecule has 0 bridgehead atoms. The number of alkyl halides is 3. The summed E-state index contributed by atoms with van der Waals surface area (Å²) in [5, 5.41) is 0. The van der Waals surface area contributed by atoms with Gasteiger partial charge in [-0.2, -0.15) is 17.5 Å². The summed E-state index contributed by atoms with van der Waals surface area (Å²) < 4.78 is 78.7. The van der Waals surface area contributed by atoms with E-state index in [1.807, 2.05) is 18.0 Å². The van der Waals surface area contributed by atoms with E-state index in [9.17, 15) is 26.4 Å². The lowest BCUT2D eigenvalue weighted by Gasteiger charge is -2.34. The number of fused-ring (bicyclic) bond motifs is 1. The number of hydrogen-bond acceptors (Lipinski definition) is 12. The van der Waals surface area contributed by atoms with Gasteiger partial charge in [0.05, 0.1) is 37.5 Å². The van der Waals surface area contributed by atoms with Crippen molar-refractivity contribution in [2.75, 3.05) is 76.2 Å². The van der Waals surface area contributed by atoms with Crippen LogP contribution in [-0.2, 0) is 30.5 Å². The first-order valence-electron chi connectivity index (χ1n) is 17.6. The molecule has 0 radical (unpaired) electrons. The molecule has 284 valence electrons. The zero-order valence-corrected chi connectivity index (χ0v) is 30.6. The zero-order chi connectivity index (χ0) is 37.5. The summed E-state index contributed by atoms with van der Waals surface area (Å²) in [6.45, 7) is 2.30. The number of hydrogen-bond donors (Lipinski definition) is 1. The highest BCUT2D eigenvalue weighted by Crippen LogP contribution is 2.44. The van der Waals surface area contributed by atoms with Gasteiger partial charge in [0, 0.05) is 69.5 Å². The molecule has 7 rings (SSSR count). The van der Waals surface area contributed by atoms with Gasteiger partial charge in [0.15, 0.2) is 17.2 Å². The lowest BCUT2D eigenvalue weighted by Crippen LogP contribution is -2.50. The Hall–Kier alpha value is -4.42. The van der Waals surface area contributed by atoms with E-state index in [1.165, 1.54) is 4.31 Å². The van der Waals surface area contributed by atoms with Gasteiger partial charge >= 0.3 is 12.1 Å². The normalized spacial score (nSPS) is 18.1. The minimum atomic E-state index is -4.61. The number of carbonyl (C=O) groups excluding carboxylic acids is 1. The molecule has 18 heteroatoms. The van der Waals surface area contributed by atoms with Crippen molar-refractivity contribution in [2.45, 2.75) is 50.6 Å². The fourth-order valence-corrected chi connectivity index (χ4v) is 8.76. The first kappa shape index (κ1) is 36.9. The highest BCUT2D eigenvalue weighted by Gasteiger charge is 2.38. The Morgan fingerprint density at radius 2 is 1.74 bits per heavy atom. The number of H-pyrrole nitrogens is 1. The second-order valence-corrected chi connectivity index (χ2v) is 16.2. The van der Waals surface area contributed by atoms with Crippen molar-refractivity contribution in [3.05, 3.63) is 42.0 Å². The van der Waals surface area contributed by atoms with Crippen molar-refractivity contribution in [3.63, 3.8) is 0 Å². The number of methoxy groups -OCH3 is 2. The topological polar surface area (TPSA) is 160 Å². The Morgan fingerprint density at radius 3 is 2.36 bits per heavy atom. The summed E-state index contributed by atoms with van der Waals surface area (Å²) in [6, 6.07) is 4.57. The van der Waals surface area contributed by atoms with Gasteiger partial charge in [-0.05, 0) is 43.9 Å². The first-order chi connectivity index (χ1) is 25.3. The quantitative estimate of drug-likeness (QED) is 0.200. The van der Waals surface area contributed by atoms with Crippen LogP contribution in [0, 0.1) is 5.41 Å². The van der Waals surface area contributed by atoms with E-state index < -0.39 is 33.6 Å². The molecule has 0 spiro atoms. The Balaban J connectivity index is 1.20. The Kier molecular flexibility index (Phi) is 10.1. The van der Waals surface area contributed by atoms with Crippen LogP contribution in [-0.4, -0.2) is 115 Å². The van der Waals surface area contributed by atoms with E-state index in [0.717, 1.165) is 57.4 Å². The van der Waals surface area contributed by atoms with Crippen LogP contribution in [0.1, 0.15) is 55.8 Å². The van der Waals surface area contributed by atoms with Gasteiger partial charge in [-0.15, -0.1) is 0 Å². The summed E-state index contributed by atoms with van der Waals surface area (Å²) in [5.74, 6) is -0.602. The van der Waals surface area contributed by atoms with Crippen LogP contribution in [0.4, 0.5) is 24.7 Å². The van der Waals surface area contributed by atoms with Crippen molar-refractivity contribution in [1.82, 2.24) is 34.2 Å². The molecule has 2 aliphatic carbocycles. The van der Waals surface area contributed by atoms with Crippen LogP contribution in [0.2, 0.25) is 0 Å². The average Bonchev–Trinajstić information content (AvgIpc) is 3.75. The molecule has 0 atom stereocenters. The second-order valence-electron chi connectivity index (χ2n) is 14.2. The predicted molar refractivity (Wildman–Crippen MR) is 191 cm³/mol. The number of imidazole rings is 1. The Morgan fingerprint density at radius 1 is 1.00 bits per heavy atom. The number of nitrogens with zero attached hydrogens (tertiary/aromatic N) is 8. The number of anilines is 2. The van der Waals surface area contributed by atoms with Crippen LogP contribution < -0.4 is 9.80 Å². The highest BCUT2D eigenvalue weighted by atomic mass is 32.2. The van der Waals surface area contributed by atoms with Crippen molar-refractivity contribution >= 4 is 38.7 Å². The molecule has 3 fully saturated rings. The summed E-state index contributed by atoms with van der Waals surface area (Å²) in [6.07, 6.45) is 4.33. The number of piperazine rings is 1. The molecule has 0 unspecified atom stereocenters. The van der Waals surface area contributed by atoms with Crippen LogP contribution in [0.25, 0.3) is 33.9 Å². The first-order valence-corrected chi connectivity index (χ1v) is 19.2. The standard InChI is InChI=1S/C35H42F3N9O5S/c1-45(20-34(21-51-2)8-4-5-9-34)27-16-25(23-14-24(22-6-7-22)41-28(15-23)35(36,37)38)42-33-31(27)43-32(44-33)26-17-40-29(18-39-26)46-10-12-47(13-11-46)53(49,50)19-30(48)52-3/h14-18,22H,4-13,19-21H2,1-3H3,(H,42,43,44). The number of nitrogens with one attached hydrogen (secondary N) is 1. The van der Waals surface area contributed by atoms with Gasteiger partial charge in [0.2, 0.25) is 10.0 Å². The maximum absolute atomic E-state index is 14.0. The van der Waals surface area contributed by atoms with E-state index in [2.05, 4.69) is 29.6 Å². The largest absolute Gasteiger partial charge is 0.468 e. The summed E-state index contributed by atoms with van der Waals surface area (Å²) in [4.78, 5) is 41.6. The fraction of sp³-hybridized carbons (Fsp3) is 0.543. The molecule has 53 heavy (non-hydrogen) atoms. The molecular weight excluding hydrogens is 716 g/mol. The third-order valence-electron chi connectivity index (χ3n) is 10.3. The summed E-state index contributed by atoms with van der Waals surface area (Å²) in [5.41, 5.74) is 2.17. The van der Waals surface area contributed by atoms with Crippen LogP contribution in [0.3, 0.4) is 0 Å². The molecule has 1 saturated heterocycles. The maximum Gasteiger partial charge on any atom is 0.433 e. The molecule has 4 aromatic rings. The van der Waals surface area contributed by atoms with Crippen LogP contribution >= 0.6 is 0 Å². The molecule has 4 aromatic heterocycles. The van der Waals surface area contributed by atoms with Gasteiger partial charge in [-0.3, -0.25) is 4.79 Å². The molecule has 1 N–H and O–H groups in total. The molecule has 3 aliphatic rings. The van der Waals surface area contributed by atoms with Crippen molar-refractivity contribution < 1.29 is 35.9 Å². The third kappa shape index (κ3) is 7.94. The number of sulfonamides is 1. The van der Waals surface area contributed by atoms with E-state index >= 15 is 0 Å². The lowest BCUT2D eigenvalue weighted by molar-refractivity contribution is -0.141. The summed E-state index contributed by atoms with van der Waals surface area (Å²) in [7, 11) is 1.02. The van der Waals surface area contributed by atoms with Gasteiger partial charge in [0.1, 0.15) is 22.7 Å². The number of carbonyl (C=O) groups is 1. The Bertz CT molecular complexity index is 2080. The SMILES string of the molecule is COCC1(CN(C)c2cc(-c3cc(C4CC4)nc(C(F)(F)F)c3)nc3nc(-c4cnc(N5CCN(S(=O)(=O)CC(=O)OC)CC5)cn4)[nH]c23)CCCC1. The third-order valence-corrected chi connectivity index (χ3v) is 12.1. The fourth-order valence-electron chi connectivity index (χ4n) is 7.44. The minimum absolute atomic E-state index is 0.000192. The molecule has 1 aliphatic heterocycles. The molecular formula is C35H42F3N9O5S. The molecule has 0 amide bonds. The van der Waals surface area contributed by atoms with E-state index in [-0.39, 0.29) is 24.4 Å². The highest BCUT2D eigenvalue weighted by molar-refractivity contribution is 7.89. The molecule has 0 aromatic carbocycles. The lowest BCUT2D eigenvalue weighted by atomic mass is 9.86. The smallest absolute Gasteiger partial charge is 0.433 e. The maximum atomic E-state index is 14.0. The van der Waals surface area contributed by atoms with E-state index in [1.54, 1.807) is 25.6 Å². The number of aromatic amines is 1. The van der Waals surface area contributed by atoms with Gasteiger partial charge < -0.3 is 24.3 Å². The number of halogens is 3. The van der Waals surface area contributed by atoms with Gasteiger partial charge in [-0.25, -0.2) is 33.3 Å². The molecule has 14 nitrogen and oxygen atoms in total. The zero-order valence-electron chi connectivity index (χ0n) is 29.8. The van der Waals surface area contributed by atoms with E-state index in [0.29, 0.717) is 71.7 Å². The van der Waals surface area contributed by atoms with Gasteiger partial charge in [-0.1, -0.05) is 12.8 Å². The van der Waals surface area contributed by atoms with Crippen LogP contribution in [0.5, 0.6) is 0 Å². The molecule has 2 saturated carbocycles. The minimum Gasteiger partial charge on any atom is -0.468 e. The molecule has 5 heterocycles. The monoisotopic (exact) mass is 757 g/mol.